The number of nitrogens with zero attached hydrogens (tertiary/aromatic N) is 2. The molecular formula is C20H21N3O. The molecule has 2 fully saturated rings. The summed E-state index contributed by atoms with van der Waals surface area (Å²) >= 11 is 0. The topological polar surface area (TPSA) is 36.8 Å². The van der Waals surface area contributed by atoms with Crippen LogP contribution in [0.5, 0.6) is 0 Å². The van der Waals surface area contributed by atoms with E-state index < -0.39 is 0 Å². The molecule has 3 atom stereocenters. The van der Waals surface area contributed by atoms with Crippen LogP contribution in [0.15, 0.2) is 48.7 Å². The van der Waals surface area contributed by atoms with Crippen molar-refractivity contribution in [1.29, 1.82) is 0 Å². The molecule has 1 amide bonds. The summed E-state index contributed by atoms with van der Waals surface area (Å²) in [6.07, 6.45) is 4.46. The van der Waals surface area contributed by atoms with Crippen molar-refractivity contribution in [2.45, 2.75) is 18.9 Å². The van der Waals surface area contributed by atoms with Gasteiger partial charge in [0, 0.05) is 41.8 Å². The summed E-state index contributed by atoms with van der Waals surface area (Å²) in [5, 5.41) is 4.42. The minimum atomic E-state index is 0.0512. The molecule has 0 radical (unpaired) electrons. The van der Waals surface area contributed by atoms with Crippen molar-refractivity contribution >= 4 is 22.3 Å². The van der Waals surface area contributed by atoms with Crippen LogP contribution in [-0.4, -0.2) is 40.9 Å². The number of aromatic nitrogens is 1. The maximum Gasteiger partial charge on any atom is 0.251 e. The van der Waals surface area contributed by atoms with E-state index in [0.29, 0.717) is 6.04 Å². The maximum absolute atomic E-state index is 12.7. The highest BCUT2D eigenvalue weighted by Gasteiger charge is 2.32. The molecule has 2 aromatic heterocycles. The second kappa shape index (κ2) is 5.35. The summed E-state index contributed by atoms with van der Waals surface area (Å²) < 4.78 is 2.14. The number of rotatable bonds is 2. The molecule has 2 saturated heterocycles. The van der Waals surface area contributed by atoms with Crippen LogP contribution >= 0.6 is 0 Å². The van der Waals surface area contributed by atoms with Crippen molar-refractivity contribution in [3.63, 3.8) is 0 Å². The average molecular weight is 319 g/mol. The summed E-state index contributed by atoms with van der Waals surface area (Å²) in [5.74, 6) is 0.816. The molecule has 1 aromatic carbocycles. The Morgan fingerprint density at radius 3 is 3.00 bits per heavy atom. The molecule has 1 N–H and O–H groups in total. The summed E-state index contributed by atoms with van der Waals surface area (Å²) in [5.41, 5.74) is 2.99. The summed E-state index contributed by atoms with van der Waals surface area (Å²) in [6, 6.07) is 14.6. The summed E-state index contributed by atoms with van der Waals surface area (Å²) in [6.45, 7) is 3.41. The second-order valence-electron chi connectivity index (χ2n) is 7.23. The van der Waals surface area contributed by atoms with E-state index in [-0.39, 0.29) is 5.91 Å². The van der Waals surface area contributed by atoms with Crippen molar-refractivity contribution in [2.75, 3.05) is 19.6 Å². The van der Waals surface area contributed by atoms with Crippen LogP contribution in [0.4, 0.5) is 0 Å². The van der Waals surface area contributed by atoms with Gasteiger partial charge < -0.3 is 14.6 Å². The number of hydrogen-bond acceptors (Lipinski definition) is 2. The van der Waals surface area contributed by atoms with Gasteiger partial charge in [-0.3, -0.25) is 4.79 Å². The lowest BCUT2D eigenvalue weighted by molar-refractivity contribution is 0.0909. The summed E-state index contributed by atoms with van der Waals surface area (Å²) in [4.78, 5) is 15.2. The Hall–Kier alpha value is -2.33. The van der Waals surface area contributed by atoms with E-state index in [1.54, 1.807) is 0 Å². The van der Waals surface area contributed by atoms with Crippen LogP contribution in [0.25, 0.3) is 16.4 Å². The van der Waals surface area contributed by atoms with Gasteiger partial charge in [-0.2, -0.15) is 0 Å². The van der Waals surface area contributed by atoms with Crippen molar-refractivity contribution in [1.82, 2.24) is 14.6 Å². The molecule has 1 unspecified atom stereocenters. The van der Waals surface area contributed by atoms with E-state index >= 15 is 0 Å². The zero-order valence-electron chi connectivity index (χ0n) is 13.6. The van der Waals surface area contributed by atoms with E-state index in [9.17, 15) is 4.79 Å². The van der Waals surface area contributed by atoms with Gasteiger partial charge in [0.2, 0.25) is 0 Å². The van der Waals surface area contributed by atoms with Crippen molar-refractivity contribution < 1.29 is 4.79 Å². The third-order valence-electron chi connectivity index (χ3n) is 5.55. The minimum Gasteiger partial charge on any atom is -0.348 e. The van der Waals surface area contributed by atoms with Crippen molar-refractivity contribution in [2.24, 2.45) is 5.92 Å². The van der Waals surface area contributed by atoms with Gasteiger partial charge in [-0.1, -0.05) is 12.1 Å². The van der Waals surface area contributed by atoms with Crippen molar-refractivity contribution in [3.05, 3.63) is 54.2 Å². The lowest BCUT2D eigenvalue weighted by Crippen LogP contribution is -2.47. The van der Waals surface area contributed by atoms with Crippen LogP contribution in [0.2, 0.25) is 0 Å². The first-order valence-corrected chi connectivity index (χ1v) is 8.79. The number of hydrogen-bond donors (Lipinski definition) is 1. The highest BCUT2D eigenvalue weighted by atomic mass is 16.1. The molecule has 2 bridgehead atoms. The van der Waals surface area contributed by atoms with E-state index in [0.717, 1.165) is 35.5 Å². The van der Waals surface area contributed by atoms with E-state index in [1.807, 2.05) is 36.5 Å². The van der Waals surface area contributed by atoms with E-state index in [2.05, 4.69) is 26.8 Å². The molecule has 2 aliphatic rings. The van der Waals surface area contributed by atoms with Gasteiger partial charge in [0.15, 0.2) is 0 Å². The van der Waals surface area contributed by atoms with Crippen LogP contribution in [-0.2, 0) is 0 Å². The van der Waals surface area contributed by atoms with Crippen LogP contribution in [0.3, 0.4) is 0 Å². The number of piperidine rings is 1. The number of carbonyl (C=O) groups is 1. The Morgan fingerprint density at radius 1 is 1.12 bits per heavy atom. The Morgan fingerprint density at radius 2 is 2.08 bits per heavy atom. The Balaban J connectivity index is 1.43. The SMILES string of the molecule is O=C(N[C@@H]1C[C@@H]2CCN(C2)C1)c1ccc2cc3ccccn3c2c1. The number of pyridine rings is 1. The lowest BCUT2D eigenvalue weighted by Gasteiger charge is -2.30. The first kappa shape index (κ1) is 14.1. The minimum absolute atomic E-state index is 0.0512. The van der Waals surface area contributed by atoms with Gasteiger partial charge in [-0.05, 0) is 55.6 Å². The molecule has 0 saturated carbocycles. The van der Waals surface area contributed by atoms with Gasteiger partial charge in [-0.25, -0.2) is 0 Å². The molecule has 122 valence electrons. The highest BCUT2D eigenvalue weighted by Crippen LogP contribution is 2.27. The molecule has 3 aromatic rings. The molecule has 0 aliphatic carbocycles. The number of fused-ring (bicyclic) bond motifs is 5. The van der Waals surface area contributed by atoms with Crippen LogP contribution in [0.1, 0.15) is 23.2 Å². The zero-order chi connectivity index (χ0) is 16.1. The monoisotopic (exact) mass is 319 g/mol. The maximum atomic E-state index is 12.7. The molecule has 4 nitrogen and oxygen atoms in total. The fraction of sp³-hybridized carbons (Fsp3) is 0.350. The largest absolute Gasteiger partial charge is 0.348 e. The standard InChI is InChI=1S/C20H21N3O/c24-20(21-17-9-14-6-8-22(12-14)13-17)16-5-4-15-10-18-3-1-2-7-23(18)19(15)11-16/h1-5,7,10-11,14,17H,6,8-9,12-13H2,(H,21,24)/t14-,17+/m0/s1. The number of benzene rings is 1. The fourth-order valence-electron chi connectivity index (χ4n) is 4.40. The van der Waals surface area contributed by atoms with E-state index in [1.165, 1.54) is 24.9 Å². The highest BCUT2D eigenvalue weighted by molar-refractivity contribution is 5.99. The lowest BCUT2D eigenvalue weighted by atomic mass is 9.96. The van der Waals surface area contributed by atoms with Gasteiger partial charge >= 0.3 is 0 Å². The molecule has 0 spiro atoms. The summed E-state index contributed by atoms with van der Waals surface area (Å²) in [7, 11) is 0. The third kappa shape index (κ3) is 2.29. The first-order valence-electron chi connectivity index (χ1n) is 8.79. The van der Waals surface area contributed by atoms with Gasteiger partial charge in [0.25, 0.3) is 5.91 Å². The average Bonchev–Trinajstić information content (AvgIpc) is 3.14. The normalized spacial score (nSPS) is 26.1. The fourth-order valence-corrected chi connectivity index (χ4v) is 4.40. The van der Waals surface area contributed by atoms with Crippen LogP contribution < -0.4 is 5.32 Å². The molecule has 2 aliphatic heterocycles. The Labute approximate surface area is 141 Å². The number of amides is 1. The van der Waals surface area contributed by atoms with Crippen LogP contribution in [0, 0.1) is 5.92 Å². The molecule has 4 heterocycles. The number of nitrogens with one attached hydrogen (secondary N) is 1. The third-order valence-corrected chi connectivity index (χ3v) is 5.55. The molecule has 4 heteroatoms. The number of carbonyl (C=O) groups excluding carboxylic acids is 1. The predicted octanol–water partition coefficient (Wildman–Crippen LogP) is 2.92. The van der Waals surface area contributed by atoms with Gasteiger partial charge in [0.1, 0.15) is 0 Å². The quantitative estimate of drug-likeness (QED) is 0.788. The van der Waals surface area contributed by atoms with E-state index in [4.69, 9.17) is 0 Å². The smallest absolute Gasteiger partial charge is 0.251 e. The zero-order valence-corrected chi connectivity index (χ0v) is 13.6. The van der Waals surface area contributed by atoms with Gasteiger partial charge in [0.05, 0.1) is 5.52 Å². The second-order valence-corrected chi connectivity index (χ2v) is 7.23. The predicted molar refractivity (Wildman–Crippen MR) is 95.3 cm³/mol. The molecular weight excluding hydrogens is 298 g/mol. The Kier molecular flexibility index (Phi) is 3.13. The molecule has 5 rings (SSSR count). The first-order chi connectivity index (χ1) is 11.8. The van der Waals surface area contributed by atoms with Gasteiger partial charge in [-0.15, -0.1) is 0 Å². The van der Waals surface area contributed by atoms with Crippen molar-refractivity contribution in [3.8, 4) is 0 Å². The molecule has 24 heavy (non-hydrogen) atoms. The Bertz CT molecular complexity index is 917.